The Morgan fingerprint density at radius 2 is 1.89 bits per heavy atom. The van der Waals surface area contributed by atoms with Crippen LogP contribution in [0.25, 0.3) is 5.52 Å². The number of aromatic nitrogens is 2. The molecule has 0 saturated carbocycles. The molecular formula is C20H22N4O3. The van der Waals surface area contributed by atoms with Crippen LogP contribution in [0.3, 0.4) is 0 Å². The van der Waals surface area contributed by atoms with Crippen molar-refractivity contribution < 1.29 is 14.3 Å². The van der Waals surface area contributed by atoms with E-state index in [0.29, 0.717) is 18.7 Å². The number of nitrogens with one attached hydrogen (secondary N) is 2. The van der Waals surface area contributed by atoms with Crippen LogP contribution in [0.1, 0.15) is 33.6 Å². The van der Waals surface area contributed by atoms with E-state index < -0.39 is 0 Å². The highest BCUT2D eigenvalue weighted by atomic mass is 16.5. The lowest BCUT2D eigenvalue weighted by Gasteiger charge is -2.08. The van der Waals surface area contributed by atoms with Crippen molar-refractivity contribution in [1.29, 1.82) is 0 Å². The number of amides is 2. The molecule has 0 atom stereocenters. The van der Waals surface area contributed by atoms with Crippen LogP contribution in [0.4, 0.5) is 5.69 Å². The maximum atomic E-state index is 12.9. The van der Waals surface area contributed by atoms with E-state index in [1.54, 1.807) is 35.9 Å². The molecule has 0 radical (unpaired) electrons. The lowest BCUT2D eigenvalue weighted by Crippen LogP contribution is -2.28. The van der Waals surface area contributed by atoms with E-state index in [9.17, 15) is 9.59 Å². The van der Waals surface area contributed by atoms with Crippen LogP contribution in [0.5, 0.6) is 0 Å². The quantitative estimate of drug-likeness (QED) is 0.629. The lowest BCUT2D eigenvalue weighted by atomic mass is 10.1. The SMILES string of the molecule is CCc1ccccc1NC(=O)c1nc(C(=O)NCCOC)n2ccccc12. The van der Waals surface area contributed by atoms with Gasteiger partial charge < -0.3 is 15.4 Å². The molecule has 7 nitrogen and oxygen atoms in total. The van der Waals surface area contributed by atoms with Gasteiger partial charge >= 0.3 is 0 Å². The van der Waals surface area contributed by atoms with Crippen molar-refractivity contribution in [2.45, 2.75) is 13.3 Å². The maximum Gasteiger partial charge on any atom is 0.287 e. The normalized spacial score (nSPS) is 10.7. The van der Waals surface area contributed by atoms with Gasteiger partial charge in [-0.25, -0.2) is 4.98 Å². The number of benzene rings is 1. The summed E-state index contributed by atoms with van der Waals surface area (Å²) < 4.78 is 6.56. The second-order valence-electron chi connectivity index (χ2n) is 5.95. The van der Waals surface area contributed by atoms with Crippen molar-refractivity contribution in [3.63, 3.8) is 0 Å². The Hall–Kier alpha value is -3.19. The van der Waals surface area contributed by atoms with Gasteiger partial charge in [-0.15, -0.1) is 0 Å². The first-order valence-electron chi connectivity index (χ1n) is 8.79. The number of fused-ring (bicyclic) bond motifs is 1. The predicted octanol–water partition coefficient (Wildman–Crippen LogP) is 2.53. The molecule has 2 heterocycles. The smallest absolute Gasteiger partial charge is 0.287 e. The third-order valence-corrected chi connectivity index (χ3v) is 4.20. The molecule has 140 valence electrons. The summed E-state index contributed by atoms with van der Waals surface area (Å²) in [5.41, 5.74) is 2.55. The van der Waals surface area contributed by atoms with Crippen molar-refractivity contribution in [3.8, 4) is 0 Å². The number of ether oxygens (including phenoxy) is 1. The summed E-state index contributed by atoms with van der Waals surface area (Å²) in [6.45, 7) is 2.79. The van der Waals surface area contributed by atoms with Gasteiger partial charge in [0.15, 0.2) is 5.69 Å². The highest BCUT2D eigenvalue weighted by molar-refractivity contribution is 6.09. The van der Waals surface area contributed by atoms with E-state index in [1.807, 2.05) is 31.2 Å². The zero-order chi connectivity index (χ0) is 19.2. The molecule has 3 aromatic rings. The van der Waals surface area contributed by atoms with Gasteiger partial charge in [0.1, 0.15) is 0 Å². The molecular weight excluding hydrogens is 344 g/mol. The summed E-state index contributed by atoms with van der Waals surface area (Å²) in [5, 5.41) is 5.64. The molecule has 27 heavy (non-hydrogen) atoms. The zero-order valence-corrected chi connectivity index (χ0v) is 15.4. The number of rotatable bonds is 7. The van der Waals surface area contributed by atoms with Crippen molar-refractivity contribution in [1.82, 2.24) is 14.7 Å². The maximum absolute atomic E-state index is 12.9. The number of para-hydroxylation sites is 1. The Morgan fingerprint density at radius 3 is 2.67 bits per heavy atom. The average Bonchev–Trinajstić information content (AvgIpc) is 3.08. The monoisotopic (exact) mass is 366 g/mol. The molecule has 0 aliphatic rings. The Kier molecular flexibility index (Phi) is 5.83. The van der Waals surface area contributed by atoms with Crippen LogP contribution < -0.4 is 10.6 Å². The van der Waals surface area contributed by atoms with Gasteiger partial charge in [0.05, 0.1) is 12.1 Å². The molecule has 2 amide bonds. The molecule has 1 aromatic carbocycles. The number of carbonyl (C=O) groups is 2. The number of carbonyl (C=O) groups excluding carboxylic acids is 2. The summed E-state index contributed by atoms with van der Waals surface area (Å²) in [6, 6.07) is 13.0. The summed E-state index contributed by atoms with van der Waals surface area (Å²) in [6.07, 6.45) is 2.51. The first-order chi connectivity index (χ1) is 13.2. The van der Waals surface area contributed by atoms with Crippen LogP contribution in [0.15, 0.2) is 48.7 Å². The molecule has 2 aromatic heterocycles. The van der Waals surface area contributed by atoms with Gasteiger partial charge in [-0.3, -0.25) is 14.0 Å². The second kappa shape index (κ2) is 8.46. The first-order valence-corrected chi connectivity index (χ1v) is 8.79. The third-order valence-electron chi connectivity index (χ3n) is 4.20. The van der Waals surface area contributed by atoms with Gasteiger partial charge in [-0.05, 0) is 30.2 Å². The topological polar surface area (TPSA) is 84.7 Å². The van der Waals surface area contributed by atoms with E-state index in [2.05, 4.69) is 15.6 Å². The summed E-state index contributed by atoms with van der Waals surface area (Å²) >= 11 is 0. The standard InChI is InChI=1S/C20H22N4O3/c1-3-14-8-4-5-9-15(14)22-19(25)17-16-10-6-7-12-24(16)18(23-17)20(26)21-11-13-27-2/h4-10,12H,3,11,13H2,1-2H3,(H,21,26)(H,22,25). The van der Waals surface area contributed by atoms with Gasteiger partial charge in [0, 0.05) is 25.5 Å². The Labute approximate surface area is 157 Å². The second-order valence-corrected chi connectivity index (χ2v) is 5.95. The summed E-state index contributed by atoms with van der Waals surface area (Å²) in [5.74, 6) is -0.549. The fourth-order valence-corrected chi connectivity index (χ4v) is 2.84. The largest absolute Gasteiger partial charge is 0.383 e. The van der Waals surface area contributed by atoms with E-state index in [0.717, 1.165) is 17.7 Å². The molecule has 0 fully saturated rings. The fraction of sp³-hybridized carbons (Fsp3) is 0.250. The third kappa shape index (κ3) is 3.98. The van der Waals surface area contributed by atoms with E-state index in [1.165, 1.54) is 0 Å². The first kappa shape index (κ1) is 18.6. The Balaban J connectivity index is 1.92. The van der Waals surface area contributed by atoms with Crippen LogP contribution >= 0.6 is 0 Å². The molecule has 0 bridgehead atoms. The number of hydrogen-bond acceptors (Lipinski definition) is 4. The number of aryl methyl sites for hydroxylation is 1. The predicted molar refractivity (Wildman–Crippen MR) is 103 cm³/mol. The molecule has 3 rings (SSSR count). The number of hydrogen-bond donors (Lipinski definition) is 2. The fourth-order valence-electron chi connectivity index (χ4n) is 2.84. The molecule has 7 heteroatoms. The van der Waals surface area contributed by atoms with Crippen LogP contribution in [0.2, 0.25) is 0 Å². The Morgan fingerprint density at radius 1 is 1.11 bits per heavy atom. The van der Waals surface area contributed by atoms with Crippen molar-refractivity contribution in [2.75, 3.05) is 25.6 Å². The number of methoxy groups -OCH3 is 1. The minimum absolute atomic E-state index is 0.163. The zero-order valence-electron chi connectivity index (χ0n) is 15.4. The number of nitrogens with zero attached hydrogens (tertiary/aromatic N) is 2. The van der Waals surface area contributed by atoms with E-state index in [-0.39, 0.29) is 23.3 Å². The van der Waals surface area contributed by atoms with Crippen molar-refractivity contribution in [2.24, 2.45) is 0 Å². The van der Waals surface area contributed by atoms with Crippen LogP contribution in [-0.2, 0) is 11.2 Å². The van der Waals surface area contributed by atoms with Crippen molar-refractivity contribution >= 4 is 23.0 Å². The number of imidazole rings is 1. The number of pyridine rings is 1. The van der Waals surface area contributed by atoms with Gasteiger partial charge in [0.25, 0.3) is 11.8 Å². The van der Waals surface area contributed by atoms with Crippen LogP contribution in [0, 0.1) is 0 Å². The van der Waals surface area contributed by atoms with Gasteiger partial charge in [0.2, 0.25) is 5.82 Å². The molecule has 2 N–H and O–H groups in total. The minimum atomic E-state index is -0.360. The molecule has 0 spiro atoms. The minimum Gasteiger partial charge on any atom is -0.383 e. The van der Waals surface area contributed by atoms with Gasteiger partial charge in [-0.1, -0.05) is 31.2 Å². The summed E-state index contributed by atoms with van der Waals surface area (Å²) in [7, 11) is 1.56. The number of anilines is 1. The molecule has 0 unspecified atom stereocenters. The molecule has 0 aliphatic carbocycles. The lowest BCUT2D eigenvalue weighted by molar-refractivity contribution is 0.0926. The van der Waals surface area contributed by atoms with E-state index in [4.69, 9.17) is 4.74 Å². The van der Waals surface area contributed by atoms with Crippen molar-refractivity contribution in [3.05, 3.63) is 65.7 Å². The highest BCUT2D eigenvalue weighted by Gasteiger charge is 2.21. The van der Waals surface area contributed by atoms with Gasteiger partial charge in [-0.2, -0.15) is 0 Å². The Bertz CT molecular complexity index is 965. The summed E-state index contributed by atoms with van der Waals surface area (Å²) in [4.78, 5) is 29.6. The molecule has 0 aliphatic heterocycles. The molecule has 0 saturated heterocycles. The average molecular weight is 366 g/mol. The van der Waals surface area contributed by atoms with E-state index >= 15 is 0 Å². The van der Waals surface area contributed by atoms with Crippen LogP contribution in [-0.4, -0.2) is 41.5 Å². The highest BCUT2D eigenvalue weighted by Crippen LogP contribution is 2.19.